The average molecular weight is 302 g/mol. The summed E-state index contributed by atoms with van der Waals surface area (Å²) < 4.78 is 0. The van der Waals surface area contributed by atoms with Gasteiger partial charge in [0.25, 0.3) is 0 Å². The molecule has 0 amide bonds. The van der Waals surface area contributed by atoms with E-state index in [2.05, 4.69) is 45.0 Å². The molecule has 3 rings (SSSR count). The van der Waals surface area contributed by atoms with Crippen molar-refractivity contribution in [1.82, 2.24) is 20.6 Å². The minimum absolute atomic E-state index is 0.261. The Hall–Kier alpha value is -3.46. The molecule has 0 aliphatic heterocycles. The number of benzene rings is 2. The van der Waals surface area contributed by atoms with Crippen molar-refractivity contribution in [2.75, 3.05) is 5.32 Å². The Bertz CT molecular complexity index is 857. The van der Waals surface area contributed by atoms with Gasteiger partial charge in [0.1, 0.15) is 11.6 Å². The van der Waals surface area contributed by atoms with Crippen LogP contribution < -0.4 is 5.32 Å². The molecule has 0 fully saturated rings. The van der Waals surface area contributed by atoms with Crippen molar-refractivity contribution in [2.45, 2.75) is 6.92 Å². The van der Waals surface area contributed by atoms with Gasteiger partial charge in [-0.25, -0.2) is 0 Å². The molecule has 2 aromatic carbocycles. The number of rotatable bonds is 4. The Morgan fingerprint density at radius 1 is 1.17 bits per heavy atom. The molecule has 0 aliphatic carbocycles. The average Bonchev–Trinajstić information content (AvgIpc) is 3.11. The summed E-state index contributed by atoms with van der Waals surface area (Å²) in [5, 5.41) is 25.5. The van der Waals surface area contributed by atoms with E-state index in [0.29, 0.717) is 5.57 Å². The number of hydrogen-bond donors (Lipinski definition) is 2. The van der Waals surface area contributed by atoms with E-state index in [-0.39, 0.29) is 5.82 Å². The van der Waals surface area contributed by atoms with Crippen LogP contribution >= 0.6 is 0 Å². The second-order valence-electron chi connectivity index (χ2n) is 4.94. The van der Waals surface area contributed by atoms with E-state index < -0.39 is 0 Å². The molecule has 6 nitrogen and oxygen atoms in total. The topological polar surface area (TPSA) is 90.3 Å². The Kier molecular flexibility index (Phi) is 4.11. The smallest absolute Gasteiger partial charge is 0.216 e. The molecule has 1 aromatic heterocycles. The van der Waals surface area contributed by atoms with Gasteiger partial charge >= 0.3 is 0 Å². The van der Waals surface area contributed by atoms with Crippen molar-refractivity contribution in [3.8, 4) is 17.2 Å². The summed E-state index contributed by atoms with van der Waals surface area (Å²) in [7, 11) is 0. The third kappa shape index (κ3) is 3.24. The summed E-state index contributed by atoms with van der Waals surface area (Å²) >= 11 is 0. The predicted octanol–water partition coefficient (Wildman–Crippen LogP) is 3.15. The van der Waals surface area contributed by atoms with Crippen LogP contribution in [0.3, 0.4) is 0 Å². The van der Waals surface area contributed by atoms with Crippen LogP contribution in [0.1, 0.15) is 11.4 Å². The maximum atomic E-state index is 9.12. The van der Waals surface area contributed by atoms with E-state index in [0.717, 1.165) is 11.3 Å². The normalized spacial score (nSPS) is 11.0. The zero-order chi connectivity index (χ0) is 16.1. The van der Waals surface area contributed by atoms with Crippen LogP contribution in [0, 0.1) is 18.3 Å². The van der Waals surface area contributed by atoms with E-state index in [1.54, 1.807) is 6.20 Å². The number of H-pyrrole nitrogens is 1. The van der Waals surface area contributed by atoms with E-state index in [4.69, 9.17) is 5.26 Å². The minimum Gasteiger partial charge on any atom is -0.360 e. The fourth-order valence-corrected chi connectivity index (χ4v) is 2.22. The molecule has 0 aliphatic rings. The molecule has 0 saturated carbocycles. The molecule has 2 N–H and O–H groups in total. The van der Waals surface area contributed by atoms with Gasteiger partial charge in [0.15, 0.2) is 0 Å². The lowest BCUT2D eigenvalue weighted by Crippen LogP contribution is -1.93. The molecular formula is C17H14N6. The highest BCUT2D eigenvalue weighted by molar-refractivity contribution is 5.74. The van der Waals surface area contributed by atoms with Crippen molar-refractivity contribution in [1.29, 1.82) is 5.26 Å². The van der Waals surface area contributed by atoms with Gasteiger partial charge in [-0.2, -0.15) is 10.5 Å². The first-order chi connectivity index (χ1) is 11.3. The van der Waals surface area contributed by atoms with Crippen LogP contribution in [0.4, 0.5) is 5.69 Å². The third-order valence-electron chi connectivity index (χ3n) is 3.43. The summed E-state index contributed by atoms with van der Waals surface area (Å²) in [6.45, 7) is 2.09. The number of anilines is 1. The maximum absolute atomic E-state index is 9.12. The zero-order valence-electron chi connectivity index (χ0n) is 12.5. The molecule has 112 valence electrons. The monoisotopic (exact) mass is 302 g/mol. The molecule has 0 spiro atoms. The number of allylic oxidation sites excluding steroid dienone is 1. The number of aromatic amines is 1. The minimum atomic E-state index is 0.261. The van der Waals surface area contributed by atoms with E-state index in [1.807, 2.05) is 42.5 Å². The van der Waals surface area contributed by atoms with Crippen molar-refractivity contribution < 1.29 is 0 Å². The molecular weight excluding hydrogens is 288 g/mol. The molecule has 1 heterocycles. The van der Waals surface area contributed by atoms with E-state index >= 15 is 0 Å². The third-order valence-corrected chi connectivity index (χ3v) is 3.43. The summed E-state index contributed by atoms with van der Waals surface area (Å²) in [6.07, 6.45) is 1.56. The van der Waals surface area contributed by atoms with Gasteiger partial charge in [-0.05, 0) is 41.0 Å². The lowest BCUT2D eigenvalue weighted by atomic mass is 10.0. The second kappa shape index (κ2) is 6.54. The number of nitrogens with zero attached hydrogens (tertiary/aromatic N) is 4. The first-order valence-electron chi connectivity index (χ1n) is 7.04. The van der Waals surface area contributed by atoms with Crippen LogP contribution in [0.25, 0.3) is 16.7 Å². The van der Waals surface area contributed by atoms with Crippen LogP contribution in [-0.4, -0.2) is 20.6 Å². The number of hydrogen-bond acceptors (Lipinski definition) is 5. The van der Waals surface area contributed by atoms with Gasteiger partial charge in [-0.3, -0.25) is 0 Å². The molecule has 0 atom stereocenters. The van der Waals surface area contributed by atoms with Crippen molar-refractivity contribution >= 4 is 11.3 Å². The highest BCUT2D eigenvalue weighted by atomic mass is 15.5. The van der Waals surface area contributed by atoms with E-state index in [1.165, 1.54) is 11.1 Å². The van der Waals surface area contributed by atoms with Crippen molar-refractivity contribution in [2.24, 2.45) is 0 Å². The number of tetrazole rings is 1. The first kappa shape index (κ1) is 14.5. The van der Waals surface area contributed by atoms with Gasteiger partial charge in [0.05, 0.1) is 0 Å². The fraction of sp³-hybridized carbons (Fsp3) is 0.0588. The summed E-state index contributed by atoms with van der Waals surface area (Å²) in [5.41, 5.74) is 4.77. The highest BCUT2D eigenvalue weighted by Crippen LogP contribution is 2.24. The van der Waals surface area contributed by atoms with Gasteiger partial charge in [0, 0.05) is 11.9 Å². The lowest BCUT2D eigenvalue weighted by Gasteiger charge is -2.07. The van der Waals surface area contributed by atoms with Crippen LogP contribution in [-0.2, 0) is 0 Å². The molecule has 6 heteroatoms. The van der Waals surface area contributed by atoms with Crippen LogP contribution in [0.5, 0.6) is 0 Å². The standard InChI is InChI=1S/C17H14N6/c1-12-4-2-3-5-16(12)13-6-8-15(9-7-13)19-11-14(10-18)17-20-22-23-21-17/h2-9,11,19H,1H3,(H,20,21,22,23). The van der Waals surface area contributed by atoms with Crippen molar-refractivity contribution in [3.63, 3.8) is 0 Å². The first-order valence-corrected chi connectivity index (χ1v) is 7.04. The van der Waals surface area contributed by atoms with Crippen LogP contribution in [0.15, 0.2) is 54.7 Å². The largest absolute Gasteiger partial charge is 0.360 e. The Morgan fingerprint density at radius 2 is 1.96 bits per heavy atom. The summed E-state index contributed by atoms with van der Waals surface area (Å²) in [4.78, 5) is 0. The quantitative estimate of drug-likeness (QED) is 0.722. The van der Waals surface area contributed by atoms with Gasteiger partial charge in [-0.1, -0.05) is 36.4 Å². The molecule has 3 aromatic rings. The van der Waals surface area contributed by atoms with Gasteiger partial charge in [-0.15, -0.1) is 10.2 Å². The maximum Gasteiger partial charge on any atom is 0.216 e. The predicted molar refractivity (Wildman–Crippen MR) is 88.0 cm³/mol. The Labute approximate surface area is 133 Å². The van der Waals surface area contributed by atoms with Gasteiger partial charge in [0.2, 0.25) is 5.82 Å². The molecule has 0 radical (unpaired) electrons. The SMILES string of the molecule is Cc1ccccc1-c1ccc(NC=C(C#N)c2nn[nH]n2)cc1. The number of nitrogens with one attached hydrogen (secondary N) is 2. The molecule has 0 unspecified atom stereocenters. The van der Waals surface area contributed by atoms with Gasteiger partial charge < -0.3 is 5.32 Å². The number of aromatic nitrogens is 4. The molecule has 23 heavy (non-hydrogen) atoms. The van der Waals surface area contributed by atoms with Crippen LogP contribution in [0.2, 0.25) is 0 Å². The fourth-order valence-electron chi connectivity index (χ4n) is 2.22. The second-order valence-corrected chi connectivity index (χ2v) is 4.94. The zero-order valence-corrected chi connectivity index (χ0v) is 12.5. The van der Waals surface area contributed by atoms with E-state index in [9.17, 15) is 0 Å². The Morgan fingerprint density at radius 3 is 2.61 bits per heavy atom. The number of aryl methyl sites for hydroxylation is 1. The van der Waals surface area contributed by atoms with Crippen molar-refractivity contribution in [3.05, 3.63) is 66.1 Å². The summed E-state index contributed by atoms with van der Waals surface area (Å²) in [5.74, 6) is 0.261. The molecule has 0 saturated heterocycles. The highest BCUT2D eigenvalue weighted by Gasteiger charge is 2.05. The summed E-state index contributed by atoms with van der Waals surface area (Å²) in [6, 6.07) is 18.3. The Balaban J connectivity index is 1.78. The lowest BCUT2D eigenvalue weighted by molar-refractivity contribution is 0.881. The number of nitriles is 1. The molecule has 0 bridgehead atoms.